The first-order valence-corrected chi connectivity index (χ1v) is 8.58. The lowest BCUT2D eigenvalue weighted by atomic mass is 10.2. The average molecular weight is 409 g/mol. The van der Waals surface area contributed by atoms with E-state index in [9.17, 15) is 21.6 Å². The normalized spacial score (nSPS) is 12.0. The minimum Gasteiger partial charge on any atom is -0.388 e. The van der Waals surface area contributed by atoms with Gasteiger partial charge >= 0.3 is 6.18 Å². The van der Waals surface area contributed by atoms with Gasteiger partial charge in [-0.1, -0.05) is 15.9 Å². The van der Waals surface area contributed by atoms with Crippen molar-refractivity contribution in [2.45, 2.75) is 11.1 Å². The molecule has 4 nitrogen and oxygen atoms in total. The highest BCUT2D eigenvalue weighted by molar-refractivity contribution is 9.10. The minimum atomic E-state index is -4.59. The third kappa shape index (κ3) is 4.17. The van der Waals surface area contributed by atoms with E-state index in [1.54, 1.807) is 19.2 Å². The van der Waals surface area contributed by atoms with Crippen molar-refractivity contribution in [3.8, 4) is 0 Å². The third-order valence-electron chi connectivity index (χ3n) is 2.98. The van der Waals surface area contributed by atoms with Crippen LogP contribution in [0.25, 0.3) is 0 Å². The molecule has 23 heavy (non-hydrogen) atoms. The van der Waals surface area contributed by atoms with Crippen molar-refractivity contribution < 1.29 is 21.6 Å². The van der Waals surface area contributed by atoms with E-state index in [0.717, 1.165) is 12.1 Å². The quantitative estimate of drug-likeness (QED) is 0.792. The van der Waals surface area contributed by atoms with Gasteiger partial charge in [-0.2, -0.15) is 13.2 Å². The second-order valence-electron chi connectivity index (χ2n) is 4.57. The Morgan fingerprint density at radius 1 is 1.00 bits per heavy atom. The largest absolute Gasteiger partial charge is 0.417 e. The Labute approximate surface area is 139 Å². The smallest absolute Gasteiger partial charge is 0.388 e. The lowest BCUT2D eigenvalue weighted by Gasteiger charge is -2.13. The van der Waals surface area contributed by atoms with Crippen LogP contribution in [0.1, 0.15) is 5.56 Å². The van der Waals surface area contributed by atoms with Crippen molar-refractivity contribution in [3.05, 3.63) is 52.5 Å². The van der Waals surface area contributed by atoms with Gasteiger partial charge in [-0.15, -0.1) is 0 Å². The summed E-state index contributed by atoms with van der Waals surface area (Å²) < 4.78 is 65.0. The minimum absolute atomic E-state index is 0.0482. The number of benzene rings is 2. The number of rotatable bonds is 4. The number of alkyl halides is 3. The molecule has 2 rings (SSSR count). The molecule has 2 aromatic rings. The van der Waals surface area contributed by atoms with E-state index in [1.165, 1.54) is 18.2 Å². The van der Waals surface area contributed by atoms with Crippen molar-refractivity contribution in [2.24, 2.45) is 0 Å². The predicted octanol–water partition coefficient (Wildman–Crippen LogP) is 4.31. The van der Waals surface area contributed by atoms with Gasteiger partial charge in [0, 0.05) is 22.9 Å². The van der Waals surface area contributed by atoms with Crippen LogP contribution in [0.4, 0.5) is 24.5 Å². The zero-order valence-corrected chi connectivity index (χ0v) is 14.2. The molecule has 0 radical (unpaired) electrons. The first-order valence-electron chi connectivity index (χ1n) is 6.31. The number of hydrogen-bond donors (Lipinski definition) is 2. The summed E-state index contributed by atoms with van der Waals surface area (Å²) in [6.07, 6.45) is -4.59. The SMILES string of the molecule is CNc1ccc(S(=O)(=O)Nc2ccc(Br)c(C(F)(F)F)c2)cc1. The topological polar surface area (TPSA) is 58.2 Å². The summed E-state index contributed by atoms with van der Waals surface area (Å²) in [5.74, 6) is 0. The zero-order valence-electron chi connectivity index (χ0n) is 11.8. The molecular formula is C14H12BrF3N2O2S. The van der Waals surface area contributed by atoms with Gasteiger partial charge in [0.05, 0.1) is 10.5 Å². The molecule has 0 unspecified atom stereocenters. The standard InChI is InChI=1S/C14H12BrF3N2O2S/c1-19-9-2-5-11(6-3-9)23(21,22)20-10-4-7-13(15)12(8-10)14(16,17)18/h2-8,19-20H,1H3. The van der Waals surface area contributed by atoms with Crippen LogP contribution in [0.15, 0.2) is 51.8 Å². The number of anilines is 2. The van der Waals surface area contributed by atoms with Gasteiger partial charge in [0.25, 0.3) is 10.0 Å². The van der Waals surface area contributed by atoms with Gasteiger partial charge < -0.3 is 5.32 Å². The fraction of sp³-hybridized carbons (Fsp3) is 0.143. The molecule has 0 amide bonds. The van der Waals surface area contributed by atoms with E-state index in [-0.39, 0.29) is 15.1 Å². The van der Waals surface area contributed by atoms with Gasteiger partial charge in [0.1, 0.15) is 0 Å². The summed E-state index contributed by atoms with van der Waals surface area (Å²) >= 11 is 2.80. The Balaban J connectivity index is 2.33. The molecule has 0 atom stereocenters. The van der Waals surface area contributed by atoms with Crippen LogP contribution >= 0.6 is 15.9 Å². The second kappa shape index (κ2) is 6.40. The van der Waals surface area contributed by atoms with Gasteiger partial charge in [0.2, 0.25) is 0 Å². The van der Waals surface area contributed by atoms with Crippen molar-refractivity contribution in [3.63, 3.8) is 0 Å². The average Bonchev–Trinajstić information content (AvgIpc) is 2.48. The van der Waals surface area contributed by atoms with E-state index in [2.05, 4.69) is 26.0 Å². The molecule has 0 aliphatic heterocycles. The number of hydrogen-bond acceptors (Lipinski definition) is 3. The van der Waals surface area contributed by atoms with Gasteiger partial charge in [0.15, 0.2) is 0 Å². The highest BCUT2D eigenvalue weighted by Gasteiger charge is 2.33. The molecule has 0 aromatic heterocycles. The highest BCUT2D eigenvalue weighted by atomic mass is 79.9. The fourth-order valence-corrected chi connectivity index (χ4v) is 3.34. The summed E-state index contributed by atoms with van der Waals surface area (Å²) in [5.41, 5.74) is -0.409. The summed E-state index contributed by atoms with van der Waals surface area (Å²) in [5, 5.41) is 2.84. The number of sulfonamides is 1. The third-order valence-corrected chi connectivity index (χ3v) is 5.07. The van der Waals surface area contributed by atoms with Crippen molar-refractivity contribution in [1.29, 1.82) is 0 Å². The first-order chi connectivity index (χ1) is 10.6. The molecule has 0 aliphatic rings. The van der Waals surface area contributed by atoms with Crippen LogP contribution in [0, 0.1) is 0 Å². The Kier molecular flexibility index (Phi) is 4.90. The molecule has 2 aromatic carbocycles. The molecule has 0 spiro atoms. The lowest BCUT2D eigenvalue weighted by molar-refractivity contribution is -0.138. The fourth-order valence-electron chi connectivity index (χ4n) is 1.82. The van der Waals surface area contributed by atoms with Crippen molar-refractivity contribution >= 4 is 37.3 Å². The molecule has 124 valence electrons. The molecule has 0 aliphatic carbocycles. The maximum Gasteiger partial charge on any atom is 0.417 e. The maximum atomic E-state index is 12.9. The summed E-state index contributed by atoms with van der Waals surface area (Å²) in [7, 11) is -2.29. The van der Waals surface area contributed by atoms with Gasteiger partial charge in [-0.3, -0.25) is 4.72 Å². The summed E-state index contributed by atoms with van der Waals surface area (Å²) in [6, 6.07) is 8.96. The maximum absolute atomic E-state index is 12.9. The van der Waals surface area contributed by atoms with E-state index in [4.69, 9.17) is 0 Å². The van der Waals surface area contributed by atoms with Crippen molar-refractivity contribution in [2.75, 3.05) is 17.1 Å². The first kappa shape index (κ1) is 17.6. The Hall–Kier alpha value is -1.74. The molecule has 0 saturated carbocycles. The molecule has 0 bridgehead atoms. The zero-order chi connectivity index (χ0) is 17.3. The molecule has 0 saturated heterocycles. The van der Waals surface area contributed by atoms with Gasteiger partial charge in [-0.25, -0.2) is 8.42 Å². The molecule has 0 fully saturated rings. The summed E-state index contributed by atoms with van der Waals surface area (Å²) in [6.45, 7) is 0. The molecular weight excluding hydrogens is 397 g/mol. The highest BCUT2D eigenvalue weighted by Crippen LogP contribution is 2.36. The van der Waals surface area contributed by atoms with Crippen LogP contribution in [0.2, 0.25) is 0 Å². The number of halogens is 4. The van der Waals surface area contributed by atoms with E-state index in [0.29, 0.717) is 5.69 Å². The number of nitrogens with one attached hydrogen (secondary N) is 2. The van der Waals surface area contributed by atoms with E-state index < -0.39 is 21.8 Å². The van der Waals surface area contributed by atoms with Gasteiger partial charge in [-0.05, 0) is 42.5 Å². The Bertz CT molecular complexity index is 806. The monoisotopic (exact) mass is 408 g/mol. The van der Waals surface area contributed by atoms with E-state index >= 15 is 0 Å². The summed E-state index contributed by atoms with van der Waals surface area (Å²) in [4.78, 5) is -0.0482. The lowest BCUT2D eigenvalue weighted by Crippen LogP contribution is -2.14. The Morgan fingerprint density at radius 3 is 2.09 bits per heavy atom. The van der Waals surface area contributed by atoms with Crippen LogP contribution in [0.3, 0.4) is 0 Å². The second-order valence-corrected chi connectivity index (χ2v) is 7.11. The van der Waals surface area contributed by atoms with Crippen LogP contribution in [0.5, 0.6) is 0 Å². The Morgan fingerprint density at radius 2 is 1.57 bits per heavy atom. The molecule has 0 heterocycles. The molecule has 9 heteroatoms. The van der Waals surface area contributed by atoms with Crippen LogP contribution in [-0.4, -0.2) is 15.5 Å². The van der Waals surface area contributed by atoms with E-state index in [1.807, 2.05) is 0 Å². The van der Waals surface area contributed by atoms with Crippen LogP contribution < -0.4 is 10.0 Å². The molecule has 2 N–H and O–H groups in total. The van der Waals surface area contributed by atoms with Crippen LogP contribution in [-0.2, 0) is 16.2 Å². The predicted molar refractivity (Wildman–Crippen MR) is 85.9 cm³/mol. The van der Waals surface area contributed by atoms with Crippen molar-refractivity contribution in [1.82, 2.24) is 0 Å².